The Morgan fingerprint density at radius 1 is 1.19 bits per heavy atom. The number of aromatic nitrogens is 2. The zero-order valence-electron chi connectivity index (χ0n) is 18.7. The molecule has 0 spiro atoms. The molecule has 1 saturated heterocycles. The summed E-state index contributed by atoms with van der Waals surface area (Å²) < 4.78 is 57.1. The number of rotatable bonds is 7. The molecule has 7 nitrogen and oxygen atoms in total. The molecule has 1 aliphatic heterocycles. The largest absolute Gasteiger partial charge is 0.411 e. The van der Waals surface area contributed by atoms with Gasteiger partial charge in [0.1, 0.15) is 18.2 Å². The van der Waals surface area contributed by atoms with Crippen LogP contribution in [-0.4, -0.2) is 47.3 Å². The maximum Gasteiger partial charge on any atom is 0.411 e. The van der Waals surface area contributed by atoms with Crippen molar-refractivity contribution in [2.75, 3.05) is 25.0 Å². The predicted octanol–water partition coefficient (Wildman–Crippen LogP) is 4.53. The molecule has 1 fully saturated rings. The number of halogens is 5. The number of amides is 1. The highest BCUT2D eigenvalue weighted by Gasteiger charge is 2.28. The van der Waals surface area contributed by atoms with E-state index in [2.05, 4.69) is 15.7 Å². The first kappa shape index (κ1) is 25.8. The highest BCUT2D eigenvalue weighted by molar-refractivity contribution is 6.31. The molecule has 0 unspecified atom stereocenters. The lowest BCUT2D eigenvalue weighted by Crippen LogP contribution is -2.42. The molecule has 1 atom stereocenters. The first-order chi connectivity index (χ1) is 17.1. The molecule has 1 amide bonds. The van der Waals surface area contributed by atoms with Crippen molar-refractivity contribution in [3.05, 3.63) is 64.9 Å². The lowest BCUT2D eigenvalue weighted by molar-refractivity contribution is -0.176. The third-order valence-electron chi connectivity index (χ3n) is 5.38. The molecule has 12 heteroatoms. The number of piperidine rings is 1. The number of anilines is 1. The van der Waals surface area contributed by atoms with Crippen molar-refractivity contribution in [3.63, 3.8) is 0 Å². The van der Waals surface area contributed by atoms with Gasteiger partial charge >= 0.3 is 6.18 Å². The van der Waals surface area contributed by atoms with E-state index in [1.54, 1.807) is 18.2 Å². The fraction of sp³-hybridized carbons (Fsp3) is 0.292. The lowest BCUT2D eigenvalue weighted by Gasteiger charge is -2.20. The molecule has 0 bridgehead atoms. The third-order valence-corrected chi connectivity index (χ3v) is 5.60. The second kappa shape index (κ2) is 10.8. The van der Waals surface area contributed by atoms with Gasteiger partial charge in [0.05, 0.1) is 30.5 Å². The van der Waals surface area contributed by atoms with E-state index in [4.69, 9.17) is 16.3 Å². The first-order valence-corrected chi connectivity index (χ1v) is 11.3. The maximum absolute atomic E-state index is 13.5. The summed E-state index contributed by atoms with van der Waals surface area (Å²) in [5, 5.41) is 10.3. The average molecular weight is 525 g/mol. The summed E-state index contributed by atoms with van der Waals surface area (Å²) in [5.41, 5.74) is 1.79. The molecule has 2 heterocycles. The number of nitrogens with one attached hydrogen (secondary N) is 2. The van der Waals surface area contributed by atoms with Crippen molar-refractivity contribution in [3.8, 4) is 16.9 Å². The molecule has 0 aliphatic carbocycles. The van der Waals surface area contributed by atoms with Gasteiger partial charge in [0.25, 0.3) is 0 Å². The van der Waals surface area contributed by atoms with Crippen molar-refractivity contribution in [2.45, 2.75) is 19.2 Å². The predicted molar refractivity (Wildman–Crippen MR) is 124 cm³/mol. The van der Waals surface area contributed by atoms with E-state index in [-0.39, 0.29) is 36.2 Å². The molecule has 36 heavy (non-hydrogen) atoms. The average Bonchev–Trinajstić information content (AvgIpc) is 3.22. The van der Waals surface area contributed by atoms with Crippen LogP contribution in [0.1, 0.15) is 12.0 Å². The number of ether oxygens (including phenoxy) is 1. The van der Waals surface area contributed by atoms with Gasteiger partial charge in [-0.05, 0) is 48.0 Å². The zero-order chi connectivity index (χ0) is 25.9. The fourth-order valence-electron chi connectivity index (χ4n) is 3.81. The number of hydrogen-bond acceptors (Lipinski definition) is 5. The summed E-state index contributed by atoms with van der Waals surface area (Å²) in [6.07, 6.45) is -4.35. The van der Waals surface area contributed by atoms with E-state index in [0.717, 1.165) is 0 Å². The van der Waals surface area contributed by atoms with E-state index in [9.17, 15) is 27.2 Å². The van der Waals surface area contributed by atoms with E-state index in [1.807, 2.05) is 0 Å². The topological polar surface area (TPSA) is 85.3 Å². The lowest BCUT2D eigenvalue weighted by atomic mass is 9.98. The zero-order valence-corrected chi connectivity index (χ0v) is 19.5. The number of hydrogen-bond donors (Lipinski definition) is 2. The van der Waals surface area contributed by atoms with Crippen molar-refractivity contribution in [1.29, 1.82) is 0 Å². The van der Waals surface area contributed by atoms with Gasteiger partial charge in [-0.15, -0.1) is 5.10 Å². The van der Waals surface area contributed by atoms with Crippen LogP contribution in [0, 0.1) is 11.7 Å². The molecule has 0 radical (unpaired) electrons. The number of Topliss-reactive ketones (excluding diaryl/α,β-unsaturated/α-hetero) is 1. The summed E-state index contributed by atoms with van der Waals surface area (Å²) in [5.74, 6) is -1.31. The van der Waals surface area contributed by atoms with Crippen molar-refractivity contribution in [2.24, 2.45) is 5.92 Å². The second-order valence-electron chi connectivity index (χ2n) is 8.32. The minimum atomic E-state index is -4.46. The highest BCUT2D eigenvalue weighted by atomic mass is 35.5. The van der Waals surface area contributed by atoms with Crippen LogP contribution >= 0.6 is 11.6 Å². The SMILES string of the molecule is O=C1CNC[C@@H](C(=O)Nc2cc(-c3cc(Cl)cc(COCC(F)(F)F)c3)n(-c3ccc(F)cc3)n2)C1. The van der Waals surface area contributed by atoms with Crippen LogP contribution in [0.25, 0.3) is 16.9 Å². The molecule has 1 aromatic heterocycles. The van der Waals surface area contributed by atoms with E-state index in [1.165, 1.54) is 35.0 Å². The number of benzene rings is 2. The highest BCUT2D eigenvalue weighted by Crippen LogP contribution is 2.30. The van der Waals surface area contributed by atoms with Gasteiger partial charge < -0.3 is 15.4 Å². The second-order valence-corrected chi connectivity index (χ2v) is 8.76. The van der Waals surface area contributed by atoms with Crippen LogP contribution in [0.4, 0.5) is 23.4 Å². The Hall–Kier alpha value is -3.28. The molecule has 4 rings (SSSR count). The van der Waals surface area contributed by atoms with Gasteiger partial charge in [-0.3, -0.25) is 9.59 Å². The Labute approximate surface area is 208 Å². The first-order valence-electron chi connectivity index (χ1n) is 10.9. The summed E-state index contributed by atoms with van der Waals surface area (Å²) in [4.78, 5) is 24.4. The van der Waals surface area contributed by atoms with Gasteiger partial charge in [-0.2, -0.15) is 13.2 Å². The van der Waals surface area contributed by atoms with Gasteiger partial charge in [0.15, 0.2) is 5.82 Å². The normalized spacial score (nSPS) is 16.2. The molecular weight excluding hydrogens is 504 g/mol. The Morgan fingerprint density at radius 2 is 1.94 bits per heavy atom. The molecule has 190 valence electrons. The number of nitrogens with zero attached hydrogens (tertiary/aromatic N) is 2. The van der Waals surface area contributed by atoms with Gasteiger partial charge in [0, 0.05) is 29.6 Å². The molecule has 3 aromatic rings. The van der Waals surface area contributed by atoms with Crippen molar-refractivity contribution < 1.29 is 31.9 Å². The summed E-state index contributed by atoms with van der Waals surface area (Å²) in [6.45, 7) is -1.17. The third kappa shape index (κ3) is 6.68. The summed E-state index contributed by atoms with van der Waals surface area (Å²) >= 11 is 6.23. The minimum Gasteiger partial charge on any atom is -0.367 e. The smallest absolute Gasteiger partial charge is 0.367 e. The van der Waals surface area contributed by atoms with Crippen LogP contribution in [0.15, 0.2) is 48.5 Å². The Morgan fingerprint density at radius 3 is 2.64 bits per heavy atom. The Kier molecular flexibility index (Phi) is 7.72. The van der Waals surface area contributed by atoms with Crippen LogP contribution in [0.3, 0.4) is 0 Å². The van der Waals surface area contributed by atoms with Gasteiger partial charge in [0.2, 0.25) is 5.91 Å². The van der Waals surface area contributed by atoms with Crippen LogP contribution in [-0.2, 0) is 20.9 Å². The molecule has 2 aromatic carbocycles. The number of carbonyl (C=O) groups excluding carboxylic acids is 2. The number of alkyl halides is 3. The summed E-state index contributed by atoms with van der Waals surface area (Å²) in [7, 11) is 0. The van der Waals surface area contributed by atoms with Crippen LogP contribution in [0.5, 0.6) is 0 Å². The fourth-order valence-corrected chi connectivity index (χ4v) is 4.07. The minimum absolute atomic E-state index is 0.0712. The monoisotopic (exact) mass is 524 g/mol. The van der Waals surface area contributed by atoms with Crippen molar-refractivity contribution in [1.82, 2.24) is 15.1 Å². The molecule has 0 saturated carbocycles. The maximum atomic E-state index is 13.5. The Balaban J connectivity index is 1.66. The van der Waals surface area contributed by atoms with Crippen LogP contribution < -0.4 is 10.6 Å². The molecule has 1 aliphatic rings. The van der Waals surface area contributed by atoms with Crippen LogP contribution in [0.2, 0.25) is 5.02 Å². The number of carbonyl (C=O) groups is 2. The summed E-state index contributed by atoms with van der Waals surface area (Å²) in [6, 6.07) is 11.7. The van der Waals surface area contributed by atoms with E-state index < -0.39 is 30.4 Å². The Bertz CT molecular complexity index is 1260. The van der Waals surface area contributed by atoms with E-state index >= 15 is 0 Å². The quantitative estimate of drug-likeness (QED) is 0.444. The standard InChI is InChI=1S/C24H21ClF4N4O3/c25-17-6-14(12-36-13-24(27,28)29)5-15(7-17)21-9-22(31-23(35)16-8-20(34)11-30-10-16)32-33(21)19-3-1-18(26)2-4-19/h1-7,9,16,30H,8,10-13H2,(H,31,32,35)/t16-/m0/s1. The molecule has 2 N–H and O–H groups in total. The van der Waals surface area contributed by atoms with E-state index in [0.29, 0.717) is 29.1 Å². The van der Waals surface area contributed by atoms with Gasteiger partial charge in [-0.1, -0.05) is 11.6 Å². The van der Waals surface area contributed by atoms with Crippen molar-refractivity contribution >= 4 is 29.1 Å². The number of ketones is 1. The van der Waals surface area contributed by atoms with Gasteiger partial charge in [-0.25, -0.2) is 9.07 Å². The molecular formula is C24H21ClF4N4O3.